The molecule has 0 aliphatic heterocycles. The number of anilines is 1. The van der Waals surface area contributed by atoms with Gasteiger partial charge < -0.3 is 15.5 Å². The highest BCUT2D eigenvalue weighted by atomic mass is 19.1. The zero-order valence-electron chi connectivity index (χ0n) is 9.82. The molecule has 0 heterocycles. The summed E-state index contributed by atoms with van der Waals surface area (Å²) < 4.78 is 39.4. The first-order valence-corrected chi connectivity index (χ1v) is 5.37. The van der Waals surface area contributed by atoms with E-state index in [9.17, 15) is 28.2 Å². The van der Waals surface area contributed by atoms with Crippen LogP contribution in [0.2, 0.25) is 0 Å². The van der Waals surface area contributed by atoms with Gasteiger partial charge in [-0.2, -0.15) is 0 Å². The highest BCUT2D eigenvalue weighted by Gasteiger charge is 2.18. The molecule has 104 valence electrons. The van der Waals surface area contributed by atoms with E-state index in [1.165, 1.54) is 6.07 Å². The summed E-state index contributed by atoms with van der Waals surface area (Å²) in [4.78, 5) is 11.8. The van der Waals surface area contributed by atoms with Gasteiger partial charge in [0.2, 0.25) is 0 Å². The number of amides is 1. The van der Waals surface area contributed by atoms with Crippen LogP contribution in [-0.2, 0) is 0 Å². The fraction of sp³-hybridized carbons (Fsp3) is 0. The maximum atomic E-state index is 13.4. The monoisotopic (exact) mass is 283 g/mol. The molecule has 0 aromatic heterocycles. The minimum Gasteiger partial charge on any atom is -0.504 e. The van der Waals surface area contributed by atoms with E-state index in [1.807, 2.05) is 5.32 Å². The summed E-state index contributed by atoms with van der Waals surface area (Å²) in [6.45, 7) is 0. The lowest BCUT2D eigenvalue weighted by Crippen LogP contribution is -2.14. The molecule has 1 amide bonds. The average molecular weight is 283 g/mol. The number of carbonyl (C=O) groups excluding carboxylic acids is 1. The Morgan fingerprint density at radius 2 is 1.65 bits per heavy atom. The van der Waals surface area contributed by atoms with E-state index in [1.54, 1.807) is 0 Å². The van der Waals surface area contributed by atoms with Gasteiger partial charge in [0.05, 0.1) is 5.56 Å². The summed E-state index contributed by atoms with van der Waals surface area (Å²) in [5.74, 6) is -6.06. The van der Waals surface area contributed by atoms with Gasteiger partial charge in [-0.25, -0.2) is 13.2 Å². The Balaban J connectivity index is 2.36. The molecule has 0 aliphatic carbocycles. The molecule has 0 saturated heterocycles. The zero-order chi connectivity index (χ0) is 14.9. The molecule has 0 radical (unpaired) electrons. The maximum absolute atomic E-state index is 13.4. The number of para-hydroxylation sites is 1. The van der Waals surface area contributed by atoms with Gasteiger partial charge in [0.1, 0.15) is 11.5 Å². The van der Waals surface area contributed by atoms with Crippen LogP contribution < -0.4 is 5.32 Å². The summed E-state index contributed by atoms with van der Waals surface area (Å²) in [7, 11) is 0. The first-order valence-electron chi connectivity index (χ1n) is 5.37. The van der Waals surface area contributed by atoms with Gasteiger partial charge in [-0.05, 0) is 12.1 Å². The lowest BCUT2D eigenvalue weighted by Gasteiger charge is -2.09. The predicted molar refractivity (Wildman–Crippen MR) is 64.0 cm³/mol. The highest BCUT2D eigenvalue weighted by Crippen LogP contribution is 2.29. The Hall–Kier alpha value is -2.70. The molecule has 0 spiro atoms. The van der Waals surface area contributed by atoms with Crippen LogP contribution >= 0.6 is 0 Å². The van der Waals surface area contributed by atoms with Gasteiger partial charge in [-0.15, -0.1) is 0 Å². The summed E-state index contributed by atoms with van der Waals surface area (Å²) in [5.41, 5.74) is -1.23. The summed E-state index contributed by atoms with van der Waals surface area (Å²) in [5, 5.41) is 20.6. The number of hydrogen-bond acceptors (Lipinski definition) is 3. The molecular weight excluding hydrogens is 275 g/mol. The average Bonchev–Trinajstić information content (AvgIpc) is 2.36. The van der Waals surface area contributed by atoms with Crippen molar-refractivity contribution in [3.63, 3.8) is 0 Å². The quantitative estimate of drug-likeness (QED) is 0.742. The predicted octanol–water partition coefficient (Wildman–Crippen LogP) is 2.77. The molecule has 2 aromatic rings. The molecule has 0 atom stereocenters. The van der Waals surface area contributed by atoms with E-state index in [0.717, 1.165) is 12.1 Å². The minimum atomic E-state index is -1.30. The normalized spacial score (nSPS) is 10.3. The second-order valence-corrected chi connectivity index (χ2v) is 3.87. The van der Waals surface area contributed by atoms with Gasteiger partial charge in [0.25, 0.3) is 5.91 Å². The Morgan fingerprint density at radius 1 is 1.05 bits per heavy atom. The third-order valence-corrected chi connectivity index (χ3v) is 2.50. The van der Waals surface area contributed by atoms with Crippen molar-refractivity contribution in [2.75, 3.05) is 5.32 Å². The van der Waals surface area contributed by atoms with E-state index in [4.69, 9.17) is 0 Å². The number of phenols is 2. The van der Waals surface area contributed by atoms with E-state index < -0.39 is 40.5 Å². The fourth-order valence-electron chi connectivity index (χ4n) is 1.56. The van der Waals surface area contributed by atoms with Crippen molar-refractivity contribution in [3.05, 3.63) is 53.3 Å². The molecule has 4 nitrogen and oxygen atoms in total. The van der Waals surface area contributed by atoms with Crippen molar-refractivity contribution in [2.45, 2.75) is 0 Å². The van der Waals surface area contributed by atoms with Crippen molar-refractivity contribution in [3.8, 4) is 11.5 Å². The van der Waals surface area contributed by atoms with Crippen LogP contribution in [0.3, 0.4) is 0 Å². The topological polar surface area (TPSA) is 69.6 Å². The summed E-state index contributed by atoms with van der Waals surface area (Å²) >= 11 is 0. The van der Waals surface area contributed by atoms with Gasteiger partial charge in [-0.3, -0.25) is 4.79 Å². The van der Waals surface area contributed by atoms with Crippen molar-refractivity contribution in [1.29, 1.82) is 0 Å². The second-order valence-electron chi connectivity index (χ2n) is 3.87. The van der Waals surface area contributed by atoms with E-state index >= 15 is 0 Å². The number of carbonyl (C=O) groups is 1. The van der Waals surface area contributed by atoms with Crippen LogP contribution in [0.4, 0.5) is 18.9 Å². The van der Waals surface area contributed by atoms with Gasteiger partial charge >= 0.3 is 0 Å². The Labute approximate surface area is 111 Å². The van der Waals surface area contributed by atoms with Crippen LogP contribution in [0.1, 0.15) is 10.4 Å². The van der Waals surface area contributed by atoms with Gasteiger partial charge in [0.15, 0.2) is 23.1 Å². The molecule has 20 heavy (non-hydrogen) atoms. The Kier molecular flexibility index (Phi) is 3.51. The van der Waals surface area contributed by atoms with Crippen LogP contribution in [-0.4, -0.2) is 16.1 Å². The number of rotatable bonds is 2. The minimum absolute atomic E-state index is 0.381. The third-order valence-electron chi connectivity index (χ3n) is 2.50. The fourth-order valence-corrected chi connectivity index (χ4v) is 1.56. The van der Waals surface area contributed by atoms with Crippen molar-refractivity contribution < 1.29 is 28.2 Å². The van der Waals surface area contributed by atoms with Gasteiger partial charge in [-0.1, -0.05) is 6.07 Å². The number of nitrogens with one attached hydrogen (secondary N) is 1. The number of phenolic OH excluding ortho intramolecular Hbond substituents is 2. The molecule has 3 N–H and O–H groups in total. The second kappa shape index (κ2) is 5.12. The first kappa shape index (κ1) is 13.7. The smallest absolute Gasteiger partial charge is 0.259 e. The summed E-state index contributed by atoms with van der Waals surface area (Å²) in [6.07, 6.45) is 0. The van der Waals surface area contributed by atoms with Crippen molar-refractivity contribution in [2.24, 2.45) is 0 Å². The molecule has 2 rings (SSSR count). The van der Waals surface area contributed by atoms with E-state index in [0.29, 0.717) is 12.1 Å². The number of benzene rings is 2. The van der Waals surface area contributed by atoms with E-state index in [-0.39, 0.29) is 5.56 Å². The molecular formula is C13H8F3NO3. The summed E-state index contributed by atoms with van der Waals surface area (Å²) in [6, 6.07) is 4.35. The first-order chi connectivity index (χ1) is 9.40. The maximum Gasteiger partial charge on any atom is 0.259 e. The molecule has 0 aliphatic rings. The van der Waals surface area contributed by atoms with Crippen molar-refractivity contribution in [1.82, 2.24) is 0 Å². The van der Waals surface area contributed by atoms with Crippen LogP contribution in [0.15, 0.2) is 30.3 Å². The molecule has 0 fully saturated rings. The van der Waals surface area contributed by atoms with E-state index in [2.05, 4.69) is 0 Å². The zero-order valence-corrected chi connectivity index (χ0v) is 9.82. The molecule has 2 aromatic carbocycles. The molecule has 0 unspecified atom stereocenters. The Morgan fingerprint density at radius 3 is 2.25 bits per heavy atom. The van der Waals surface area contributed by atoms with Gasteiger partial charge in [0, 0.05) is 12.1 Å². The molecule has 0 bridgehead atoms. The SMILES string of the molecule is O=C(Nc1c(F)cc(F)cc1F)c1cccc(O)c1O. The van der Waals surface area contributed by atoms with Crippen LogP contribution in [0.25, 0.3) is 0 Å². The van der Waals surface area contributed by atoms with Crippen LogP contribution in [0.5, 0.6) is 11.5 Å². The molecule has 0 saturated carbocycles. The van der Waals surface area contributed by atoms with Crippen LogP contribution in [0, 0.1) is 17.5 Å². The number of hydrogen-bond donors (Lipinski definition) is 3. The molecule has 7 heteroatoms. The standard InChI is InChI=1S/C13H8F3NO3/c14-6-4-8(15)11(9(16)5-6)17-13(20)7-2-1-3-10(18)12(7)19/h1-5,18-19H,(H,17,20). The largest absolute Gasteiger partial charge is 0.504 e. The number of halogens is 3. The Bertz CT molecular complexity index is 666. The highest BCUT2D eigenvalue weighted by molar-refractivity contribution is 6.06. The lowest BCUT2D eigenvalue weighted by molar-refractivity contribution is 0.102. The lowest BCUT2D eigenvalue weighted by atomic mass is 10.1. The number of aromatic hydroxyl groups is 2. The third kappa shape index (κ3) is 2.51. The van der Waals surface area contributed by atoms with Crippen molar-refractivity contribution >= 4 is 11.6 Å².